The van der Waals surface area contributed by atoms with Gasteiger partial charge in [-0.05, 0) is 38.2 Å². The molecule has 124 valence electrons. The number of amides is 1. The molecule has 0 radical (unpaired) electrons. The Labute approximate surface area is 142 Å². The van der Waals surface area contributed by atoms with Crippen LogP contribution < -0.4 is 5.32 Å². The lowest BCUT2D eigenvalue weighted by Gasteiger charge is -2.09. The summed E-state index contributed by atoms with van der Waals surface area (Å²) in [5.74, 6) is -1.30. The van der Waals surface area contributed by atoms with Crippen molar-refractivity contribution in [1.29, 1.82) is 5.26 Å². The monoisotopic (exact) mass is 345 g/mol. The average molecular weight is 345 g/mol. The van der Waals surface area contributed by atoms with Crippen molar-refractivity contribution in [3.63, 3.8) is 0 Å². The number of thiophene rings is 1. The first-order chi connectivity index (χ1) is 11.6. The van der Waals surface area contributed by atoms with Crippen LogP contribution in [-0.2, 0) is 22.4 Å². The van der Waals surface area contributed by atoms with Crippen LogP contribution in [0.1, 0.15) is 45.1 Å². The van der Waals surface area contributed by atoms with Crippen molar-refractivity contribution in [3.8, 4) is 6.07 Å². The minimum absolute atomic E-state index is 0.0513. The van der Waals surface area contributed by atoms with Gasteiger partial charge in [0.25, 0.3) is 5.91 Å². The molecule has 0 fully saturated rings. The summed E-state index contributed by atoms with van der Waals surface area (Å²) < 4.78 is 9.66. The van der Waals surface area contributed by atoms with Crippen molar-refractivity contribution in [2.45, 2.75) is 32.6 Å². The summed E-state index contributed by atoms with van der Waals surface area (Å²) >= 11 is 1.43. The number of carbonyl (C=O) groups is 2. The molecule has 0 bridgehead atoms. The number of rotatable bonds is 4. The Kier molecular flexibility index (Phi) is 4.62. The number of nitrogens with zero attached hydrogens (tertiary/aromatic N) is 2. The SMILES string of the molecule is Cc1cc(C(=O)OCC(=O)Nc2sc3c(c2C#N)CCCC3)on1. The molecule has 0 unspecified atom stereocenters. The molecule has 1 aliphatic carbocycles. The quantitative estimate of drug-likeness (QED) is 0.854. The van der Waals surface area contributed by atoms with Crippen LogP contribution in [-0.4, -0.2) is 23.6 Å². The second kappa shape index (κ2) is 6.84. The molecule has 0 saturated heterocycles. The van der Waals surface area contributed by atoms with Gasteiger partial charge < -0.3 is 14.6 Å². The number of nitriles is 1. The van der Waals surface area contributed by atoms with Crippen LogP contribution in [0.15, 0.2) is 10.6 Å². The summed E-state index contributed by atoms with van der Waals surface area (Å²) in [5, 5.41) is 16.1. The van der Waals surface area contributed by atoms with Crippen LogP contribution in [0.25, 0.3) is 0 Å². The number of nitrogens with one attached hydrogen (secondary N) is 1. The van der Waals surface area contributed by atoms with Crippen LogP contribution in [0.3, 0.4) is 0 Å². The molecule has 3 rings (SSSR count). The van der Waals surface area contributed by atoms with E-state index in [9.17, 15) is 14.9 Å². The molecule has 0 aliphatic heterocycles. The number of hydrogen-bond acceptors (Lipinski definition) is 7. The molecule has 7 nitrogen and oxygen atoms in total. The lowest BCUT2D eigenvalue weighted by atomic mass is 9.96. The molecule has 8 heteroatoms. The molecule has 0 spiro atoms. The molecule has 0 aromatic carbocycles. The van der Waals surface area contributed by atoms with E-state index >= 15 is 0 Å². The van der Waals surface area contributed by atoms with E-state index in [1.807, 2.05) is 0 Å². The Morgan fingerprint density at radius 3 is 2.96 bits per heavy atom. The third-order valence-electron chi connectivity index (χ3n) is 3.70. The normalized spacial score (nSPS) is 13.0. The summed E-state index contributed by atoms with van der Waals surface area (Å²) in [7, 11) is 0. The fourth-order valence-corrected chi connectivity index (χ4v) is 3.85. The molecule has 2 aromatic rings. The Balaban J connectivity index is 1.62. The summed E-state index contributed by atoms with van der Waals surface area (Å²) in [4.78, 5) is 24.9. The Bertz CT molecular complexity index is 831. The maximum Gasteiger partial charge on any atom is 0.377 e. The van der Waals surface area contributed by atoms with E-state index in [1.54, 1.807) is 6.92 Å². The second-order valence-corrected chi connectivity index (χ2v) is 6.59. The summed E-state index contributed by atoms with van der Waals surface area (Å²) in [6.45, 7) is 1.22. The lowest BCUT2D eigenvalue weighted by molar-refractivity contribution is -0.119. The zero-order chi connectivity index (χ0) is 17.1. The van der Waals surface area contributed by atoms with Gasteiger partial charge in [-0.25, -0.2) is 4.79 Å². The van der Waals surface area contributed by atoms with Crippen molar-refractivity contribution >= 4 is 28.2 Å². The molecule has 2 heterocycles. The summed E-state index contributed by atoms with van der Waals surface area (Å²) in [5.41, 5.74) is 2.12. The van der Waals surface area contributed by atoms with E-state index < -0.39 is 18.5 Å². The molecule has 1 aliphatic rings. The molecular weight excluding hydrogens is 330 g/mol. The third kappa shape index (κ3) is 3.31. The molecule has 0 atom stereocenters. The standard InChI is InChI=1S/C16H15N3O4S/c1-9-6-12(23-19-9)16(21)22-8-14(20)18-15-11(7-17)10-4-2-3-5-13(10)24-15/h6H,2-5,8H2,1H3,(H,18,20). The highest BCUT2D eigenvalue weighted by atomic mass is 32.1. The van der Waals surface area contributed by atoms with Gasteiger partial charge in [-0.2, -0.15) is 5.26 Å². The van der Waals surface area contributed by atoms with E-state index in [0.717, 1.165) is 36.1 Å². The summed E-state index contributed by atoms with van der Waals surface area (Å²) in [6, 6.07) is 3.60. The minimum Gasteiger partial charge on any atom is -0.450 e. The van der Waals surface area contributed by atoms with E-state index in [4.69, 9.17) is 9.26 Å². The van der Waals surface area contributed by atoms with Gasteiger partial charge in [0, 0.05) is 10.9 Å². The van der Waals surface area contributed by atoms with Crippen LogP contribution in [0, 0.1) is 18.3 Å². The number of fused-ring (bicyclic) bond motifs is 1. The highest BCUT2D eigenvalue weighted by Crippen LogP contribution is 2.37. The van der Waals surface area contributed by atoms with Gasteiger partial charge in [-0.1, -0.05) is 5.16 Å². The smallest absolute Gasteiger partial charge is 0.377 e. The maximum absolute atomic E-state index is 12.0. The van der Waals surface area contributed by atoms with E-state index in [0.29, 0.717) is 16.3 Å². The van der Waals surface area contributed by atoms with E-state index in [1.165, 1.54) is 17.4 Å². The third-order valence-corrected chi connectivity index (χ3v) is 4.91. The number of aryl methyl sites for hydroxylation is 2. The Morgan fingerprint density at radius 2 is 2.25 bits per heavy atom. The fourth-order valence-electron chi connectivity index (χ4n) is 2.60. The highest BCUT2D eigenvalue weighted by Gasteiger charge is 2.22. The maximum atomic E-state index is 12.0. The Hall–Kier alpha value is -2.66. The number of aromatic nitrogens is 1. The van der Waals surface area contributed by atoms with E-state index in [2.05, 4.69) is 16.5 Å². The van der Waals surface area contributed by atoms with Crippen molar-refractivity contribution in [3.05, 3.63) is 33.5 Å². The summed E-state index contributed by atoms with van der Waals surface area (Å²) in [6.07, 6.45) is 3.95. The van der Waals surface area contributed by atoms with Gasteiger partial charge in [-0.15, -0.1) is 11.3 Å². The molecule has 1 amide bonds. The van der Waals surface area contributed by atoms with Crippen LogP contribution in [0.2, 0.25) is 0 Å². The largest absolute Gasteiger partial charge is 0.450 e. The van der Waals surface area contributed by atoms with Crippen molar-refractivity contribution in [1.82, 2.24) is 5.16 Å². The van der Waals surface area contributed by atoms with Crippen LogP contribution in [0.5, 0.6) is 0 Å². The van der Waals surface area contributed by atoms with Gasteiger partial charge >= 0.3 is 5.97 Å². The van der Waals surface area contributed by atoms with Crippen LogP contribution in [0.4, 0.5) is 5.00 Å². The van der Waals surface area contributed by atoms with Crippen LogP contribution >= 0.6 is 11.3 Å². The zero-order valence-electron chi connectivity index (χ0n) is 13.0. The highest BCUT2D eigenvalue weighted by molar-refractivity contribution is 7.16. The molecular formula is C16H15N3O4S. The number of anilines is 1. The van der Waals surface area contributed by atoms with Crippen molar-refractivity contribution in [2.24, 2.45) is 0 Å². The van der Waals surface area contributed by atoms with Crippen molar-refractivity contribution < 1.29 is 18.8 Å². The first kappa shape index (κ1) is 16.2. The van der Waals surface area contributed by atoms with Gasteiger partial charge in [0.15, 0.2) is 6.61 Å². The van der Waals surface area contributed by atoms with Crippen molar-refractivity contribution in [2.75, 3.05) is 11.9 Å². The van der Waals surface area contributed by atoms with Gasteiger partial charge in [0.05, 0.1) is 11.3 Å². The topological polar surface area (TPSA) is 105 Å². The van der Waals surface area contributed by atoms with E-state index in [-0.39, 0.29) is 5.76 Å². The van der Waals surface area contributed by atoms with Gasteiger partial charge in [0.2, 0.25) is 5.76 Å². The zero-order valence-corrected chi connectivity index (χ0v) is 13.9. The fraction of sp³-hybridized carbons (Fsp3) is 0.375. The number of ether oxygens (including phenoxy) is 1. The second-order valence-electron chi connectivity index (χ2n) is 5.48. The molecule has 2 aromatic heterocycles. The predicted octanol–water partition coefficient (Wildman–Crippen LogP) is 2.59. The lowest BCUT2D eigenvalue weighted by Crippen LogP contribution is -2.20. The average Bonchev–Trinajstić information content (AvgIpc) is 3.15. The molecule has 24 heavy (non-hydrogen) atoms. The first-order valence-corrected chi connectivity index (χ1v) is 8.35. The van der Waals surface area contributed by atoms with Gasteiger partial charge in [0.1, 0.15) is 11.1 Å². The molecule has 1 N–H and O–H groups in total. The number of hydrogen-bond donors (Lipinski definition) is 1. The van der Waals surface area contributed by atoms with Gasteiger partial charge in [-0.3, -0.25) is 4.79 Å². The first-order valence-electron chi connectivity index (χ1n) is 7.53. The minimum atomic E-state index is -0.753. The molecule has 0 saturated carbocycles. The predicted molar refractivity (Wildman–Crippen MR) is 85.8 cm³/mol. The Morgan fingerprint density at radius 1 is 1.46 bits per heavy atom. The number of carbonyl (C=O) groups excluding carboxylic acids is 2. The number of esters is 1.